The summed E-state index contributed by atoms with van der Waals surface area (Å²) in [6.45, 7) is 0. The van der Waals surface area contributed by atoms with Crippen molar-refractivity contribution in [2.24, 2.45) is 5.92 Å². The quantitative estimate of drug-likeness (QED) is 0.357. The minimum atomic E-state index is -0.163. The van der Waals surface area contributed by atoms with Crippen molar-refractivity contribution in [2.45, 2.75) is 32.1 Å². The normalized spacial score (nSPS) is 14.2. The summed E-state index contributed by atoms with van der Waals surface area (Å²) in [6, 6.07) is 19.0. The fraction of sp³-hybridized carbons (Fsp3) is 0.222. The Morgan fingerprint density at radius 2 is 1.55 bits per heavy atom. The lowest BCUT2D eigenvalue weighted by Crippen LogP contribution is -2.24. The van der Waals surface area contributed by atoms with Crippen LogP contribution in [-0.4, -0.2) is 21.8 Å². The van der Waals surface area contributed by atoms with Crippen molar-refractivity contribution < 1.29 is 9.59 Å². The van der Waals surface area contributed by atoms with Crippen LogP contribution < -0.4 is 10.6 Å². The third-order valence-corrected chi connectivity index (χ3v) is 6.26. The van der Waals surface area contributed by atoms with Crippen LogP contribution in [0.15, 0.2) is 73.1 Å². The second-order valence-electron chi connectivity index (χ2n) is 8.58. The number of carbonyl (C=O) groups excluding carboxylic acids is 2. The Labute approximate surface area is 192 Å². The van der Waals surface area contributed by atoms with Gasteiger partial charge in [0.05, 0.1) is 0 Å². The summed E-state index contributed by atoms with van der Waals surface area (Å²) >= 11 is 0. The number of amides is 2. The van der Waals surface area contributed by atoms with E-state index in [1.165, 1.54) is 6.42 Å². The number of hydrogen-bond acceptors (Lipinski definition) is 3. The summed E-state index contributed by atoms with van der Waals surface area (Å²) in [4.78, 5) is 32.5. The third kappa shape index (κ3) is 4.80. The van der Waals surface area contributed by atoms with Gasteiger partial charge in [-0.1, -0.05) is 31.4 Å². The van der Waals surface area contributed by atoms with E-state index >= 15 is 0 Å². The van der Waals surface area contributed by atoms with Gasteiger partial charge in [-0.2, -0.15) is 0 Å². The number of fused-ring (bicyclic) bond motifs is 1. The van der Waals surface area contributed by atoms with Crippen molar-refractivity contribution >= 4 is 34.1 Å². The zero-order valence-corrected chi connectivity index (χ0v) is 18.3. The first-order valence-corrected chi connectivity index (χ1v) is 11.4. The lowest BCUT2D eigenvalue weighted by atomic mass is 9.88. The van der Waals surface area contributed by atoms with Crippen molar-refractivity contribution in [1.82, 2.24) is 9.97 Å². The molecule has 166 valence electrons. The Balaban J connectivity index is 1.29. The van der Waals surface area contributed by atoms with Gasteiger partial charge in [-0.15, -0.1) is 0 Å². The summed E-state index contributed by atoms with van der Waals surface area (Å²) in [5.41, 5.74) is 5.05. The maximum atomic E-state index is 12.6. The average Bonchev–Trinajstić information content (AvgIpc) is 3.29. The van der Waals surface area contributed by atoms with E-state index in [1.54, 1.807) is 24.5 Å². The van der Waals surface area contributed by atoms with E-state index in [4.69, 9.17) is 0 Å². The van der Waals surface area contributed by atoms with Gasteiger partial charge in [0.2, 0.25) is 5.91 Å². The van der Waals surface area contributed by atoms with Crippen LogP contribution in [0.1, 0.15) is 42.5 Å². The molecule has 1 aliphatic rings. The minimum Gasteiger partial charge on any atom is -0.355 e. The van der Waals surface area contributed by atoms with Crippen LogP contribution in [0, 0.1) is 5.92 Å². The number of H-pyrrole nitrogens is 1. The molecule has 0 aliphatic heterocycles. The molecule has 1 saturated carbocycles. The molecular weight excluding hydrogens is 412 g/mol. The van der Waals surface area contributed by atoms with Crippen LogP contribution in [0.5, 0.6) is 0 Å². The first-order chi connectivity index (χ1) is 16.2. The molecule has 1 aliphatic carbocycles. The molecule has 0 radical (unpaired) electrons. The molecule has 33 heavy (non-hydrogen) atoms. The first kappa shape index (κ1) is 20.9. The highest BCUT2D eigenvalue weighted by atomic mass is 16.2. The zero-order valence-electron chi connectivity index (χ0n) is 18.3. The maximum absolute atomic E-state index is 12.6. The van der Waals surface area contributed by atoms with Crippen LogP contribution in [0.4, 0.5) is 11.4 Å². The number of hydrogen-bond donors (Lipinski definition) is 3. The molecule has 6 nitrogen and oxygen atoms in total. The van der Waals surface area contributed by atoms with Gasteiger partial charge in [0.1, 0.15) is 0 Å². The van der Waals surface area contributed by atoms with Crippen LogP contribution in [0.3, 0.4) is 0 Å². The summed E-state index contributed by atoms with van der Waals surface area (Å²) < 4.78 is 0. The number of nitrogens with one attached hydrogen (secondary N) is 3. The molecule has 0 spiro atoms. The molecule has 2 aromatic carbocycles. The lowest BCUT2D eigenvalue weighted by molar-refractivity contribution is -0.120. The number of benzene rings is 2. The lowest BCUT2D eigenvalue weighted by Gasteiger charge is -2.20. The molecule has 0 unspecified atom stereocenters. The molecule has 1 fully saturated rings. The molecule has 0 saturated heterocycles. The Hall–Kier alpha value is -3.93. The molecule has 2 aromatic heterocycles. The van der Waals surface area contributed by atoms with Crippen molar-refractivity contribution in [3.63, 3.8) is 0 Å². The zero-order chi connectivity index (χ0) is 22.6. The number of carbonyl (C=O) groups is 2. The fourth-order valence-electron chi connectivity index (χ4n) is 4.41. The number of aromatic amines is 1. The highest BCUT2D eigenvalue weighted by Crippen LogP contribution is 2.28. The molecule has 0 bridgehead atoms. The van der Waals surface area contributed by atoms with E-state index in [-0.39, 0.29) is 17.7 Å². The topological polar surface area (TPSA) is 86.9 Å². The minimum absolute atomic E-state index is 0.130. The maximum Gasteiger partial charge on any atom is 0.255 e. The highest BCUT2D eigenvalue weighted by Gasteiger charge is 2.21. The molecule has 0 atom stereocenters. The van der Waals surface area contributed by atoms with Crippen molar-refractivity contribution in [2.75, 3.05) is 10.6 Å². The van der Waals surface area contributed by atoms with Gasteiger partial charge in [0.15, 0.2) is 0 Å². The Morgan fingerprint density at radius 3 is 2.30 bits per heavy atom. The van der Waals surface area contributed by atoms with E-state index in [2.05, 4.69) is 20.6 Å². The second kappa shape index (κ2) is 9.28. The monoisotopic (exact) mass is 438 g/mol. The molecule has 2 heterocycles. The Bertz CT molecular complexity index is 1270. The van der Waals surface area contributed by atoms with Gasteiger partial charge < -0.3 is 15.6 Å². The summed E-state index contributed by atoms with van der Waals surface area (Å²) in [5.74, 6) is 0.103. The number of anilines is 2. The smallest absolute Gasteiger partial charge is 0.255 e. The van der Waals surface area contributed by atoms with Gasteiger partial charge in [-0.3, -0.25) is 14.6 Å². The van der Waals surface area contributed by atoms with Gasteiger partial charge in [-0.05, 0) is 66.9 Å². The largest absolute Gasteiger partial charge is 0.355 e. The predicted molar refractivity (Wildman–Crippen MR) is 131 cm³/mol. The number of nitrogens with zero attached hydrogens (tertiary/aromatic N) is 1. The first-order valence-electron chi connectivity index (χ1n) is 11.4. The van der Waals surface area contributed by atoms with Gasteiger partial charge in [0, 0.05) is 51.8 Å². The van der Waals surface area contributed by atoms with E-state index in [0.717, 1.165) is 53.5 Å². The fourth-order valence-corrected chi connectivity index (χ4v) is 4.41. The van der Waals surface area contributed by atoms with E-state index < -0.39 is 0 Å². The van der Waals surface area contributed by atoms with E-state index in [9.17, 15) is 9.59 Å². The van der Waals surface area contributed by atoms with Gasteiger partial charge in [0.25, 0.3) is 5.91 Å². The van der Waals surface area contributed by atoms with Crippen molar-refractivity contribution in [1.29, 1.82) is 0 Å². The van der Waals surface area contributed by atoms with E-state index in [1.807, 2.05) is 48.5 Å². The van der Waals surface area contributed by atoms with Crippen LogP contribution in [-0.2, 0) is 4.79 Å². The second-order valence-corrected chi connectivity index (χ2v) is 8.58. The predicted octanol–water partition coefficient (Wildman–Crippen LogP) is 6.00. The summed E-state index contributed by atoms with van der Waals surface area (Å²) in [6.07, 6.45) is 8.78. The molecule has 4 aromatic rings. The van der Waals surface area contributed by atoms with Gasteiger partial charge in [-0.25, -0.2) is 0 Å². The highest BCUT2D eigenvalue weighted by molar-refractivity contribution is 6.06. The Morgan fingerprint density at radius 1 is 0.818 bits per heavy atom. The van der Waals surface area contributed by atoms with Crippen LogP contribution in [0.2, 0.25) is 0 Å². The van der Waals surface area contributed by atoms with Crippen molar-refractivity contribution in [3.8, 4) is 11.3 Å². The number of aromatic nitrogens is 2. The molecule has 6 heteroatoms. The van der Waals surface area contributed by atoms with E-state index in [0.29, 0.717) is 11.3 Å². The summed E-state index contributed by atoms with van der Waals surface area (Å²) in [7, 11) is 0. The molecular formula is C27H26N4O2. The summed E-state index contributed by atoms with van der Waals surface area (Å²) in [5, 5.41) is 6.90. The van der Waals surface area contributed by atoms with Crippen LogP contribution in [0.25, 0.3) is 22.2 Å². The number of pyridine rings is 1. The average molecular weight is 439 g/mol. The molecule has 2 amide bonds. The third-order valence-electron chi connectivity index (χ3n) is 6.26. The molecule has 3 N–H and O–H groups in total. The standard InChI is InChI=1S/C27H26N4O2/c32-26(19-4-2-1-3-5-19)29-22-9-6-18(7-10-22)25-17-21-16-20(8-11-24(21)31-25)27(33)30-23-12-14-28-15-13-23/h6-17,19,31H,1-5H2,(H,29,32)(H,28,30,33). The van der Waals surface area contributed by atoms with Crippen LogP contribution >= 0.6 is 0 Å². The Kier molecular flexibility index (Phi) is 5.89. The number of rotatable bonds is 5. The molecule has 5 rings (SSSR count). The SMILES string of the molecule is O=C(Nc1ccncc1)c1ccc2[nH]c(-c3ccc(NC(=O)C4CCCCC4)cc3)cc2c1. The van der Waals surface area contributed by atoms with Gasteiger partial charge >= 0.3 is 0 Å². The van der Waals surface area contributed by atoms with Crippen molar-refractivity contribution in [3.05, 3.63) is 78.6 Å².